The third-order valence-electron chi connectivity index (χ3n) is 3.44. The Bertz CT molecular complexity index is 936. The van der Waals surface area contributed by atoms with Crippen molar-refractivity contribution < 1.29 is 17.6 Å². The molecule has 2 aromatic carbocycles. The minimum Gasteiger partial charge on any atom is -0.484 e. The van der Waals surface area contributed by atoms with Crippen molar-refractivity contribution in [1.82, 2.24) is 4.98 Å². The van der Waals surface area contributed by atoms with Crippen LogP contribution in [0.3, 0.4) is 0 Å². The van der Waals surface area contributed by atoms with Gasteiger partial charge in [0.15, 0.2) is 6.61 Å². The van der Waals surface area contributed by atoms with Crippen molar-refractivity contribution in [3.8, 4) is 5.75 Å². The molecule has 6 nitrogen and oxygen atoms in total. The Kier molecular flexibility index (Phi) is 4.76. The number of benzene rings is 2. The van der Waals surface area contributed by atoms with Gasteiger partial charge >= 0.3 is 0 Å². The SMILES string of the molecule is CN(C)c1oc(COc2ccccc2)nc1S(=O)(=O)c1ccccc1. The molecule has 0 atom stereocenters. The van der Waals surface area contributed by atoms with Crippen LogP contribution < -0.4 is 9.64 Å². The van der Waals surface area contributed by atoms with E-state index in [1.165, 1.54) is 12.1 Å². The summed E-state index contributed by atoms with van der Waals surface area (Å²) < 4.78 is 36.9. The summed E-state index contributed by atoms with van der Waals surface area (Å²) in [7, 11) is -0.377. The first-order valence-electron chi connectivity index (χ1n) is 7.63. The number of oxazole rings is 1. The van der Waals surface area contributed by atoms with Crippen LogP contribution in [0.25, 0.3) is 0 Å². The molecule has 1 aromatic heterocycles. The Hall–Kier alpha value is -2.80. The lowest BCUT2D eigenvalue weighted by molar-refractivity contribution is 0.264. The summed E-state index contributed by atoms with van der Waals surface area (Å²) in [6, 6.07) is 17.3. The van der Waals surface area contributed by atoms with Gasteiger partial charge in [-0.3, -0.25) is 0 Å². The van der Waals surface area contributed by atoms with E-state index in [1.54, 1.807) is 49.3 Å². The normalized spacial score (nSPS) is 11.3. The van der Waals surface area contributed by atoms with E-state index >= 15 is 0 Å². The van der Waals surface area contributed by atoms with Crippen molar-refractivity contribution in [3.05, 3.63) is 66.6 Å². The molecule has 0 unspecified atom stereocenters. The molecule has 0 aliphatic carbocycles. The first kappa shape index (κ1) is 17.0. The molecule has 0 bridgehead atoms. The quantitative estimate of drug-likeness (QED) is 0.674. The third-order valence-corrected chi connectivity index (χ3v) is 5.11. The van der Waals surface area contributed by atoms with Gasteiger partial charge in [-0.15, -0.1) is 0 Å². The first-order chi connectivity index (χ1) is 12.0. The van der Waals surface area contributed by atoms with Crippen LogP contribution in [0.4, 0.5) is 5.88 Å². The highest BCUT2D eigenvalue weighted by Gasteiger charge is 2.29. The van der Waals surface area contributed by atoms with Gasteiger partial charge < -0.3 is 14.1 Å². The number of ether oxygens (including phenoxy) is 1. The minimum atomic E-state index is -3.78. The Morgan fingerprint density at radius 1 is 1.00 bits per heavy atom. The van der Waals surface area contributed by atoms with Crippen molar-refractivity contribution in [2.75, 3.05) is 19.0 Å². The predicted octanol–water partition coefficient (Wildman–Crippen LogP) is 3.15. The summed E-state index contributed by atoms with van der Waals surface area (Å²) in [6.45, 7) is 0.0369. The molecule has 130 valence electrons. The van der Waals surface area contributed by atoms with Crippen LogP contribution in [0.15, 0.2) is 75.0 Å². The lowest BCUT2D eigenvalue weighted by Crippen LogP contribution is -2.13. The van der Waals surface area contributed by atoms with E-state index in [-0.39, 0.29) is 28.3 Å². The fourth-order valence-electron chi connectivity index (χ4n) is 2.23. The molecule has 0 saturated heterocycles. The first-order valence-corrected chi connectivity index (χ1v) is 9.12. The highest BCUT2D eigenvalue weighted by atomic mass is 32.2. The summed E-state index contributed by atoms with van der Waals surface area (Å²) in [5, 5.41) is -0.115. The van der Waals surface area contributed by atoms with Crippen molar-refractivity contribution in [2.24, 2.45) is 0 Å². The molecule has 0 spiro atoms. The largest absolute Gasteiger partial charge is 0.484 e. The fraction of sp³-hybridized carbons (Fsp3) is 0.167. The molecule has 0 radical (unpaired) electrons. The van der Waals surface area contributed by atoms with Gasteiger partial charge in [-0.2, -0.15) is 4.98 Å². The van der Waals surface area contributed by atoms with Gasteiger partial charge in [-0.25, -0.2) is 8.42 Å². The number of para-hydroxylation sites is 1. The van der Waals surface area contributed by atoms with E-state index in [2.05, 4.69) is 4.98 Å². The zero-order chi connectivity index (χ0) is 17.9. The van der Waals surface area contributed by atoms with Crippen molar-refractivity contribution in [1.29, 1.82) is 0 Å². The smallest absolute Gasteiger partial charge is 0.236 e. The van der Waals surface area contributed by atoms with Crippen molar-refractivity contribution in [2.45, 2.75) is 16.5 Å². The average molecular weight is 358 g/mol. The van der Waals surface area contributed by atoms with Crippen molar-refractivity contribution in [3.63, 3.8) is 0 Å². The Morgan fingerprint density at radius 3 is 2.20 bits per heavy atom. The lowest BCUT2D eigenvalue weighted by atomic mass is 10.3. The maximum Gasteiger partial charge on any atom is 0.236 e. The van der Waals surface area contributed by atoms with Crippen LogP contribution in [0.1, 0.15) is 5.89 Å². The molecule has 1 heterocycles. The van der Waals surface area contributed by atoms with Gasteiger partial charge in [0.05, 0.1) is 4.90 Å². The minimum absolute atomic E-state index is 0.0369. The molecule has 3 rings (SSSR count). The van der Waals surface area contributed by atoms with E-state index in [9.17, 15) is 8.42 Å². The lowest BCUT2D eigenvalue weighted by Gasteiger charge is -2.10. The van der Waals surface area contributed by atoms with Crippen LogP contribution in [-0.4, -0.2) is 27.5 Å². The average Bonchev–Trinajstić information content (AvgIpc) is 3.07. The van der Waals surface area contributed by atoms with E-state index in [0.29, 0.717) is 5.75 Å². The maximum atomic E-state index is 12.9. The van der Waals surface area contributed by atoms with Crippen LogP contribution in [-0.2, 0) is 16.4 Å². The van der Waals surface area contributed by atoms with Crippen LogP contribution in [0.5, 0.6) is 5.75 Å². The number of aromatic nitrogens is 1. The summed E-state index contributed by atoms with van der Waals surface area (Å²) in [4.78, 5) is 5.92. The van der Waals surface area contributed by atoms with Gasteiger partial charge in [0, 0.05) is 14.1 Å². The number of hydrogen-bond donors (Lipinski definition) is 0. The molecule has 0 aliphatic heterocycles. The molecule has 0 saturated carbocycles. The molecule has 3 aromatic rings. The van der Waals surface area contributed by atoms with Crippen LogP contribution >= 0.6 is 0 Å². The number of hydrogen-bond acceptors (Lipinski definition) is 6. The second-order valence-corrected chi connectivity index (χ2v) is 7.40. The summed E-state index contributed by atoms with van der Waals surface area (Å²) >= 11 is 0. The zero-order valence-corrected chi connectivity index (χ0v) is 14.7. The maximum absolute atomic E-state index is 12.9. The molecule has 0 aliphatic rings. The van der Waals surface area contributed by atoms with E-state index in [4.69, 9.17) is 9.15 Å². The number of sulfone groups is 1. The van der Waals surface area contributed by atoms with Gasteiger partial charge in [-0.05, 0) is 24.3 Å². The summed E-state index contributed by atoms with van der Waals surface area (Å²) in [6.07, 6.45) is 0. The third kappa shape index (κ3) is 3.66. The number of nitrogens with zero attached hydrogens (tertiary/aromatic N) is 2. The van der Waals surface area contributed by atoms with Gasteiger partial charge in [0.2, 0.25) is 26.6 Å². The summed E-state index contributed by atoms with van der Waals surface area (Å²) in [5.74, 6) is 1.03. The molecule has 0 N–H and O–H groups in total. The van der Waals surface area contributed by atoms with Gasteiger partial charge in [0.25, 0.3) is 0 Å². The second-order valence-electron chi connectivity index (χ2n) is 5.53. The molecule has 0 fully saturated rings. The standard InChI is InChI=1S/C18H18N2O4S/c1-20(2)18-17(25(21,22)15-11-7-4-8-12-15)19-16(24-18)13-23-14-9-5-3-6-10-14/h3-12H,13H2,1-2H3. The number of rotatable bonds is 6. The second kappa shape index (κ2) is 6.98. The fourth-order valence-corrected chi connectivity index (χ4v) is 3.65. The van der Waals surface area contributed by atoms with Gasteiger partial charge in [-0.1, -0.05) is 36.4 Å². The van der Waals surface area contributed by atoms with Crippen LogP contribution in [0, 0.1) is 0 Å². The zero-order valence-electron chi connectivity index (χ0n) is 13.9. The molecular formula is C18H18N2O4S. The Morgan fingerprint density at radius 2 is 1.60 bits per heavy atom. The highest BCUT2D eigenvalue weighted by molar-refractivity contribution is 7.91. The monoisotopic (exact) mass is 358 g/mol. The van der Waals surface area contributed by atoms with E-state index < -0.39 is 9.84 Å². The van der Waals surface area contributed by atoms with Gasteiger partial charge in [0.1, 0.15) is 5.75 Å². The van der Waals surface area contributed by atoms with E-state index in [1.807, 2.05) is 18.2 Å². The molecule has 0 amide bonds. The summed E-state index contributed by atoms with van der Waals surface area (Å²) in [5.41, 5.74) is 0. The topological polar surface area (TPSA) is 72.6 Å². The van der Waals surface area contributed by atoms with E-state index in [0.717, 1.165) is 0 Å². The highest BCUT2D eigenvalue weighted by Crippen LogP contribution is 2.30. The molecular weight excluding hydrogens is 340 g/mol. The molecule has 7 heteroatoms. The van der Waals surface area contributed by atoms with Crippen LogP contribution in [0.2, 0.25) is 0 Å². The van der Waals surface area contributed by atoms with Crippen molar-refractivity contribution >= 4 is 15.7 Å². The molecule has 25 heavy (non-hydrogen) atoms. The predicted molar refractivity (Wildman–Crippen MR) is 93.5 cm³/mol. The number of anilines is 1. The Labute approximate surface area is 146 Å². The Balaban J connectivity index is 1.93.